The lowest BCUT2D eigenvalue weighted by Gasteiger charge is -1.98. The summed E-state index contributed by atoms with van der Waals surface area (Å²) >= 11 is 6.21. The van der Waals surface area contributed by atoms with Crippen molar-refractivity contribution in [2.24, 2.45) is 7.05 Å². The highest BCUT2D eigenvalue weighted by atomic mass is 32.1. The zero-order valence-corrected chi connectivity index (χ0v) is 18.8. The van der Waals surface area contributed by atoms with E-state index in [1.807, 2.05) is 34.8 Å². The minimum absolute atomic E-state index is 0.962. The smallest absolute Gasteiger partial charge is 0.113 e. The fraction of sp³-hybridized carbons (Fsp3) is 0.0476. The Bertz CT molecular complexity index is 1600. The lowest BCUT2D eigenvalue weighted by molar-refractivity contribution is 1.02. The number of benzene rings is 2. The Balaban J connectivity index is 1.46. The summed E-state index contributed by atoms with van der Waals surface area (Å²) in [4.78, 5) is 2.47. The van der Waals surface area contributed by atoms with Gasteiger partial charge in [0, 0.05) is 27.9 Å². The van der Waals surface area contributed by atoms with Crippen LogP contribution in [0, 0.1) is 0 Å². The maximum atomic E-state index is 4.52. The second-order valence-electron chi connectivity index (χ2n) is 7.08. The fourth-order valence-electron chi connectivity index (χ4n) is 3.99. The maximum absolute atomic E-state index is 4.52. The molecule has 0 saturated carbocycles. The van der Waals surface area contributed by atoms with E-state index in [4.69, 9.17) is 0 Å². The van der Waals surface area contributed by atoms with Gasteiger partial charge in [-0.1, -0.05) is 24.3 Å². The first-order chi connectivity index (χ1) is 14.8. The molecule has 0 aliphatic rings. The quantitative estimate of drug-likeness (QED) is 0.284. The van der Waals surface area contributed by atoms with Crippen molar-refractivity contribution in [2.75, 3.05) is 0 Å². The van der Waals surface area contributed by atoms with E-state index in [2.05, 4.69) is 65.5 Å². The minimum Gasteiger partial charge on any atom is -0.342 e. The molecule has 0 aliphatic heterocycles. The molecule has 7 rings (SSSR count). The normalized spacial score (nSPS) is 12.2. The molecular formula is C21H11N5S4. The van der Waals surface area contributed by atoms with Gasteiger partial charge in [-0.3, -0.25) is 0 Å². The molecule has 7 aromatic rings. The van der Waals surface area contributed by atoms with E-state index >= 15 is 0 Å². The Morgan fingerprint density at radius 2 is 1.17 bits per heavy atom. The molecule has 2 aromatic carbocycles. The van der Waals surface area contributed by atoms with Gasteiger partial charge in [0.2, 0.25) is 0 Å². The maximum Gasteiger partial charge on any atom is 0.113 e. The Kier molecular flexibility index (Phi) is 3.48. The second kappa shape index (κ2) is 6.14. The molecule has 0 spiro atoms. The summed E-state index contributed by atoms with van der Waals surface area (Å²) < 4.78 is 22.8. The molecule has 0 N–H and O–H groups in total. The van der Waals surface area contributed by atoms with Crippen LogP contribution in [0.4, 0.5) is 0 Å². The van der Waals surface area contributed by atoms with Crippen LogP contribution in [-0.4, -0.2) is 22.1 Å². The predicted octanol–water partition coefficient (Wildman–Crippen LogP) is 6.80. The van der Waals surface area contributed by atoms with Crippen molar-refractivity contribution in [3.63, 3.8) is 0 Å². The number of aryl methyl sites for hydroxylation is 1. The first-order valence-electron chi connectivity index (χ1n) is 9.23. The molecule has 5 heterocycles. The number of rotatable bonds is 2. The highest BCUT2D eigenvalue weighted by molar-refractivity contribution is 7.30. The molecule has 9 heteroatoms. The van der Waals surface area contributed by atoms with Crippen LogP contribution in [0.3, 0.4) is 0 Å². The molecule has 0 bridgehead atoms. The van der Waals surface area contributed by atoms with Gasteiger partial charge in [-0.2, -0.15) is 17.5 Å². The van der Waals surface area contributed by atoms with Crippen LogP contribution < -0.4 is 0 Å². The number of hydrogen-bond donors (Lipinski definition) is 0. The van der Waals surface area contributed by atoms with Crippen molar-refractivity contribution in [2.45, 2.75) is 0 Å². The van der Waals surface area contributed by atoms with Crippen LogP contribution in [0.25, 0.3) is 63.4 Å². The van der Waals surface area contributed by atoms with Crippen LogP contribution in [-0.2, 0) is 7.05 Å². The zero-order valence-electron chi connectivity index (χ0n) is 15.5. The number of fused-ring (bicyclic) bond motifs is 5. The molecular weight excluding hydrogens is 451 g/mol. The molecule has 0 amide bonds. The van der Waals surface area contributed by atoms with Crippen molar-refractivity contribution in [3.05, 3.63) is 48.5 Å². The number of nitrogens with zero attached hydrogens (tertiary/aromatic N) is 5. The minimum atomic E-state index is 0.962. The predicted molar refractivity (Wildman–Crippen MR) is 129 cm³/mol. The molecule has 5 aromatic heterocycles. The molecule has 30 heavy (non-hydrogen) atoms. The second-order valence-corrected chi connectivity index (χ2v) is 10.2. The average molecular weight is 462 g/mol. The third-order valence-corrected chi connectivity index (χ3v) is 9.02. The van der Waals surface area contributed by atoms with Crippen LogP contribution in [0.1, 0.15) is 0 Å². The highest BCUT2D eigenvalue weighted by Crippen LogP contribution is 2.46. The third kappa shape index (κ3) is 2.26. The van der Waals surface area contributed by atoms with Gasteiger partial charge in [0.15, 0.2) is 0 Å². The third-order valence-electron chi connectivity index (χ3n) is 5.46. The summed E-state index contributed by atoms with van der Waals surface area (Å²) in [7, 11) is 2.15. The SMILES string of the molecule is Cn1c2cc(-c3cccc4nsnc34)sc2c2sc(-c3cccc4nsnc34)cc21. The molecule has 5 nitrogen and oxygen atoms in total. The lowest BCUT2D eigenvalue weighted by Crippen LogP contribution is -1.84. The van der Waals surface area contributed by atoms with Crippen molar-refractivity contribution >= 4 is 88.6 Å². The van der Waals surface area contributed by atoms with Crippen molar-refractivity contribution in [1.82, 2.24) is 22.1 Å². The molecule has 0 atom stereocenters. The molecule has 0 radical (unpaired) electrons. The lowest BCUT2D eigenvalue weighted by atomic mass is 10.1. The molecule has 0 fully saturated rings. The van der Waals surface area contributed by atoms with Crippen molar-refractivity contribution in [3.8, 4) is 20.9 Å². The Morgan fingerprint density at radius 3 is 1.67 bits per heavy atom. The van der Waals surface area contributed by atoms with E-state index in [9.17, 15) is 0 Å². The monoisotopic (exact) mass is 461 g/mol. The van der Waals surface area contributed by atoms with Crippen LogP contribution >= 0.6 is 46.1 Å². The summed E-state index contributed by atoms with van der Waals surface area (Å²) in [5, 5.41) is 0. The Hall–Kier alpha value is -2.72. The number of thiophene rings is 2. The zero-order chi connectivity index (χ0) is 19.8. The molecule has 0 saturated heterocycles. The van der Waals surface area contributed by atoms with E-state index in [0.29, 0.717) is 0 Å². The van der Waals surface area contributed by atoms with Gasteiger partial charge in [-0.15, -0.1) is 22.7 Å². The van der Waals surface area contributed by atoms with E-state index in [-0.39, 0.29) is 0 Å². The van der Waals surface area contributed by atoms with Gasteiger partial charge in [0.05, 0.1) is 43.9 Å². The molecule has 0 aliphatic carbocycles. The van der Waals surface area contributed by atoms with Gasteiger partial charge in [0.1, 0.15) is 22.1 Å². The number of hydrogen-bond acceptors (Lipinski definition) is 8. The van der Waals surface area contributed by atoms with Crippen LogP contribution in [0.5, 0.6) is 0 Å². The number of aromatic nitrogens is 5. The van der Waals surface area contributed by atoms with Crippen molar-refractivity contribution < 1.29 is 0 Å². The standard InChI is InChI=1S/C21H11N5S4/c1-26-14-8-16(10-4-2-6-12-18(10)24-29-22-12)27-20(14)21-15(26)9-17(28-21)11-5-3-7-13-19(11)25-30-23-13/h2-9H,1H3. The van der Waals surface area contributed by atoms with Gasteiger partial charge >= 0.3 is 0 Å². The summed E-state index contributed by atoms with van der Waals surface area (Å²) in [5.74, 6) is 0. The summed E-state index contributed by atoms with van der Waals surface area (Å²) in [6, 6.07) is 17.0. The van der Waals surface area contributed by atoms with Crippen LogP contribution in [0.2, 0.25) is 0 Å². The van der Waals surface area contributed by atoms with Crippen molar-refractivity contribution in [1.29, 1.82) is 0 Å². The van der Waals surface area contributed by atoms with Gasteiger partial charge in [-0.05, 0) is 24.3 Å². The van der Waals surface area contributed by atoms with E-state index in [1.165, 1.54) is 53.6 Å². The topological polar surface area (TPSA) is 56.5 Å². The first-order valence-corrected chi connectivity index (χ1v) is 12.3. The molecule has 0 unspecified atom stereocenters. The van der Waals surface area contributed by atoms with E-state index < -0.39 is 0 Å². The highest BCUT2D eigenvalue weighted by Gasteiger charge is 2.19. The summed E-state index contributed by atoms with van der Waals surface area (Å²) in [6.07, 6.45) is 0. The van der Waals surface area contributed by atoms with Gasteiger partial charge < -0.3 is 4.57 Å². The largest absolute Gasteiger partial charge is 0.342 e. The first kappa shape index (κ1) is 17.0. The Morgan fingerprint density at radius 1 is 0.667 bits per heavy atom. The summed E-state index contributed by atoms with van der Waals surface area (Å²) in [6.45, 7) is 0. The van der Waals surface area contributed by atoms with Crippen LogP contribution in [0.15, 0.2) is 48.5 Å². The average Bonchev–Trinajstić information content (AvgIpc) is 3.57. The van der Waals surface area contributed by atoms with E-state index in [1.54, 1.807) is 0 Å². The van der Waals surface area contributed by atoms with E-state index in [0.717, 1.165) is 33.2 Å². The fourth-order valence-corrected chi connectivity index (χ4v) is 7.67. The Labute approximate surface area is 186 Å². The molecule has 144 valence electrons. The summed E-state index contributed by atoms with van der Waals surface area (Å²) in [5.41, 5.74) is 8.73. The van der Waals surface area contributed by atoms with Gasteiger partial charge in [0.25, 0.3) is 0 Å². The van der Waals surface area contributed by atoms with Gasteiger partial charge in [-0.25, -0.2) is 0 Å².